The number of pyridine rings is 1. The van der Waals surface area contributed by atoms with Crippen LogP contribution in [0.5, 0.6) is 0 Å². The molecule has 2 aliphatic rings. The highest BCUT2D eigenvalue weighted by Crippen LogP contribution is 2.40. The number of hydrogen-bond acceptors (Lipinski definition) is 12. The molecule has 3 amide bonds. The molecule has 224 valence electrons. The molecule has 16 nitrogen and oxygen atoms in total. The Hall–Kier alpha value is -4.81. The number of oxime groups is 1. The fraction of sp³-hybridized carbons (Fsp3) is 0.280. The molecule has 43 heavy (non-hydrogen) atoms. The van der Waals surface area contributed by atoms with Crippen LogP contribution in [-0.4, -0.2) is 90.2 Å². The highest BCUT2D eigenvalue weighted by Gasteiger charge is 2.54. The first-order chi connectivity index (χ1) is 20.6. The second kappa shape index (κ2) is 12.2. The smallest absolute Gasteiger partial charge is 0.352 e. The predicted octanol–water partition coefficient (Wildman–Crippen LogP) is -1.24. The summed E-state index contributed by atoms with van der Waals surface area (Å²) in [5.74, 6) is -3.02. The number of aromatic nitrogens is 4. The number of β-lactam (4-membered cyclic amide) rings is 1. The lowest BCUT2D eigenvalue weighted by Gasteiger charge is -2.49. The molecular weight excluding hydrogens is 602 g/mol. The van der Waals surface area contributed by atoms with Crippen molar-refractivity contribution in [1.82, 2.24) is 25.0 Å². The topological polar surface area (TPSA) is 232 Å². The third-order valence-corrected chi connectivity index (χ3v) is 8.58. The molecule has 18 heteroatoms. The summed E-state index contributed by atoms with van der Waals surface area (Å²) in [6.45, 7) is 0.0657. The fourth-order valence-electron chi connectivity index (χ4n) is 4.73. The Morgan fingerprint density at radius 2 is 2.12 bits per heavy atom. The zero-order valence-electron chi connectivity index (χ0n) is 22.5. The zero-order chi connectivity index (χ0) is 30.8. The Balaban J connectivity index is 1.37. The third kappa shape index (κ3) is 5.79. The van der Waals surface area contributed by atoms with Crippen LogP contribution in [0.3, 0.4) is 0 Å². The van der Waals surface area contributed by atoms with Crippen molar-refractivity contribution < 1.29 is 38.8 Å². The highest BCUT2D eigenvalue weighted by atomic mass is 32.2. The first kappa shape index (κ1) is 29.7. The number of carbonyl (C=O) groups is 4. The molecule has 0 spiro atoms. The Morgan fingerprint density at radius 3 is 2.77 bits per heavy atom. The summed E-state index contributed by atoms with van der Waals surface area (Å²) in [7, 11) is 1.26. The molecule has 1 fully saturated rings. The second-order valence-electron chi connectivity index (χ2n) is 9.30. The van der Waals surface area contributed by atoms with E-state index in [4.69, 9.17) is 16.3 Å². The summed E-state index contributed by atoms with van der Waals surface area (Å²) in [5.41, 5.74) is 12.6. The molecule has 2 aliphatic heterocycles. The average Bonchev–Trinajstić information content (AvgIpc) is 3.61. The molecule has 1 saturated heterocycles. The Bertz CT molecular complexity index is 1680. The van der Waals surface area contributed by atoms with Crippen molar-refractivity contribution in [2.75, 3.05) is 25.2 Å². The van der Waals surface area contributed by atoms with Gasteiger partial charge < -0.3 is 31.8 Å². The van der Waals surface area contributed by atoms with Crippen LogP contribution in [0.25, 0.3) is 11.3 Å². The summed E-state index contributed by atoms with van der Waals surface area (Å²) < 4.78 is 3.20. The fourth-order valence-corrected chi connectivity index (χ4v) is 6.62. The SMILES string of the molecule is CO/N=C(/C(=O)N[C@@H]1C(=O)N2C(C(=O)O)=C(C[n+]3cccc(-c4cc(C(N)=O)nn4CCO)c3)CS[C@H]12)c1csc(N)n1. The van der Waals surface area contributed by atoms with Gasteiger partial charge in [-0.05, 0) is 12.1 Å². The molecule has 0 aliphatic carbocycles. The number of aliphatic carboxylic acids is 1. The lowest BCUT2D eigenvalue weighted by Crippen LogP contribution is -2.71. The number of nitrogen functional groups attached to an aromatic ring is 1. The second-order valence-corrected chi connectivity index (χ2v) is 11.3. The number of rotatable bonds is 11. The van der Waals surface area contributed by atoms with Gasteiger partial charge in [0.25, 0.3) is 17.7 Å². The maximum Gasteiger partial charge on any atom is 0.352 e. The molecule has 0 unspecified atom stereocenters. The number of thioether (sulfide) groups is 1. The summed E-state index contributed by atoms with van der Waals surface area (Å²) in [6, 6.07) is 4.04. The van der Waals surface area contributed by atoms with Gasteiger partial charge in [0.15, 0.2) is 35.5 Å². The van der Waals surface area contributed by atoms with Gasteiger partial charge in [-0.25, -0.2) is 14.3 Å². The van der Waals surface area contributed by atoms with E-state index in [0.29, 0.717) is 16.8 Å². The van der Waals surface area contributed by atoms with Crippen LogP contribution >= 0.6 is 23.1 Å². The van der Waals surface area contributed by atoms with Crippen molar-refractivity contribution in [3.8, 4) is 11.3 Å². The van der Waals surface area contributed by atoms with Crippen LogP contribution in [-0.2, 0) is 32.3 Å². The van der Waals surface area contributed by atoms with Crippen molar-refractivity contribution in [3.05, 3.63) is 58.6 Å². The first-order valence-corrected chi connectivity index (χ1v) is 14.6. The number of fused-ring (bicyclic) bond motifs is 1. The molecule has 0 aromatic carbocycles. The number of primary amides is 1. The molecule has 0 saturated carbocycles. The minimum Gasteiger partial charge on any atom is -0.477 e. The molecule has 3 aromatic heterocycles. The number of nitrogens with zero attached hydrogens (tertiary/aromatic N) is 6. The van der Waals surface area contributed by atoms with Crippen molar-refractivity contribution in [2.45, 2.75) is 24.5 Å². The molecule has 5 rings (SSSR count). The number of carboxylic acids is 1. The Morgan fingerprint density at radius 1 is 1.33 bits per heavy atom. The number of hydrogen-bond donors (Lipinski definition) is 5. The van der Waals surface area contributed by atoms with E-state index in [9.17, 15) is 29.4 Å². The minimum absolute atomic E-state index is 0.0405. The normalized spacial score (nSPS) is 18.2. The van der Waals surface area contributed by atoms with Crippen LogP contribution in [0.1, 0.15) is 16.2 Å². The molecule has 0 radical (unpaired) electrons. The van der Waals surface area contributed by atoms with Crippen LogP contribution in [0.15, 0.2) is 52.4 Å². The van der Waals surface area contributed by atoms with Crippen LogP contribution in [0, 0.1) is 0 Å². The lowest BCUT2D eigenvalue weighted by molar-refractivity contribution is -0.688. The third-order valence-electron chi connectivity index (χ3n) is 6.57. The molecule has 0 bridgehead atoms. The van der Waals surface area contributed by atoms with E-state index < -0.39 is 35.1 Å². The number of anilines is 1. The number of amides is 3. The average molecular weight is 629 g/mol. The van der Waals surface area contributed by atoms with Gasteiger partial charge in [0.05, 0.1) is 24.4 Å². The van der Waals surface area contributed by atoms with Gasteiger partial charge >= 0.3 is 5.97 Å². The largest absolute Gasteiger partial charge is 0.477 e. The molecule has 5 heterocycles. The van der Waals surface area contributed by atoms with Gasteiger partial charge in [-0.15, -0.1) is 23.1 Å². The predicted molar refractivity (Wildman–Crippen MR) is 153 cm³/mol. The van der Waals surface area contributed by atoms with Gasteiger partial charge in [-0.2, -0.15) is 5.10 Å². The number of nitrogens with one attached hydrogen (secondary N) is 1. The first-order valence-electron chi connectivity index (χ1n) is 12.6. The van der Waals surface area contributed by atoms with E-state index in [2.05, 4.69) is 20.6 Å². The number of carboxylic acid groups (broad SMARTS) is 1. The molecule has 3 aromatic rings. The van der Waals surface area contributed by atoms with E-state index in [1.807, 2.05) is 0 Å². The number of nitrogens with two attached hydrogens (primary N) is 2. The maximum absolute atomic E-state index is 13.2. The summed E-state index contributed by atoms with van der Waals surface area (Å²) >= 11 is 2.42. The number of carbonyl (C=O) groups excluding carboxylic acids is 3. The summed E-state index contributed by atoms with van der Waals surface area (Å²) in [6.07, 6.45) is 3.47. The van der Waals surface area contributed by atoms with Gasteiger partial charge in [-0.1, -0.05) is 5.16 Å². The standard InChI is InChI=1S/C25H25N9O7S2/c1-41-31-17(15-11-43-25(27)28-15)21(37)29-18-22(38)34-19(24(39)40)13(10-42-23(18)34)9-32-4-2-3-12(8-32)16-7-14(20(26)36)30-33(16)5-6-35/h2-4,7-8,11,18,23,35H,5-6,9-10H2,1H3,(H5-,26,27,28,29,36,37,39,40)/p+1/b31-17+/t18-,23-/m1/s1. The van der Waals surface area contributed by atoms with E-state index in [0.717, 1.165) is 11.3 Å². The van der Waals surface area contributed by atoms with Crippen molar-refractivity contribution in [1.29, 1.82) is 0 Å². The van der Waals surface area contributed by atoms with E-state index in [1.165, 1.54) is 39.9 Å². The molecular formula is C25H26N9O7S2+. The van der Waals surface area contributed by atoms with Crippen molar-refractivity contribution >= 4 is 57.6 Å². The number of aliphatic hydroxyl groups is 1. The zero-order valence-corrected chi connectivity index (χ0v) is 24.2. The van der Waals surface area contributed by atoms with Gasteiger partial charge in [0.2, 0.25) is 0 Å². The summed E-state index contributed by atoms with van der Waals surface area (Å²) in [5, 5.41) is 31.1. The summed E-state index contributed by atoms with van der Waals surface area (Å²) in [4.78, 5) is 60.2. The highest BCUT2D eigenvalue weighted by molar-refractivity contribution is 8.00. The van der Waals surface area contributed by atoms with E-state index in [-0.39, 0.29) is 53.4 Å². The quantitative estimate of drug-likeness (QED) is 0.0729. The lowest BCUT2D eigenvalue weighted by atomic mass is 10.0. The van der Waals surface area contributed by atoms with Crippen LogP contribution in [0.4, 0.5) is 5.13 Å². The van der Waals surface area contributed by atoms with Crippen molar-refractivity contribution in [2.24, 2.45) is 10.9 Å². The van der Waals surface area contributed by atoms with E-state index >= 15 is 0 Å². The maximum atomic E-state index is 13.2. The molecule has 7 N–H and O–H groups in total. The Labute approximate surface area is 251 Å². The van der Waals surface area contributed by atoms with Gasteiger partial charge in [-0.3, -0.25) is 24.0 Å². The Kier molecular flexibility index (Phi) is 8.42. The van der Waals surface area contributed by atoms with Crippen molar-refractivity contribution in [3.63, 3.8) is 0 Å². The monoisotopic (exact) mass is 628 g/mol. The number of thiazole rings is 1. The van der Waals surface area contributed by atoms with E-state index in [1.54, 1.807) is 29.1 Å². The minimum atomic E-state index is -1.28. The number of aliphatic hydroxyl groups excluding tert-OH is 1. The van der Waals surface area contributed by atoms with Crippen LogP contribution < -0.4 is 21.4 Å². The molecule has 2 atom stereocenters. The van der Waals surface area contributed by atoms with Gasteiger partial charge in [0, 0.05) is 22.8 Å². The van der Waals surface area contributed by atoms with Crippen LogP contribution in [0.2, 0.25) is 0 Å². The van der Waals surface area contributed by atoms with Gasteiger partial charge in [0.1, 0.15) is 29.9 Å².